The number of rotatable bonds is 6. The summed E-state index contributed by atoms with van der Waals surface area (Å²) in [6.07, 6.45) is 1.53. The van der Waals surface area contributed by atoms with Crippen LogP contribution in [0.1, 0.15) is 25.0 Å². The minimum atomic E-state index is -0.749. The molecule has 0 unspecified atom stereocenters. The number of ether oxygens (including phenoxy) is 1. The van der Waals surface area contributed by atoms with Crippen LogP contribution in [0.3, 0.4) is 0 Å². The molecule has 0 atom stereocenters. The van der Waals surface area contributed by atoms with Crippen molar-refractivity contribution in [2.75, 3.05) is 0 Å². The van der Waals surface area contributed by atoms with E-state index in [0.29, 0.717) is 17.9 Å². The fourth-order valence-electron chi connectivity index (χ4n) is 1.68. The van der Waals surface area contributed by atoms with Crippen molar-refractivity contribution in [3.63, 3.8) is 0 Å². The van der Waals surface area contributed by atoms with Crippen LogP contribution in [0.5, 0.6) is 5.75 Å². The molecule has 120 valence electrons. The van der Waals surface area contributed by atoms with Gasteiger partial charge in [-0.3, -0.25) is 4.79 Å². The van der Waals surface area contributed by atoms with Crippen molar-refractivity contribution in [2.45, 2.75) is 24.8 Å². The van der Waals surface area contributed by atoms with Gasteiger partial charge in [0, 0.05) is 5.56 Å². The van der Waals surface area contributed by atoms with E-state index < -0.39 is 4.32 Å². The molecule has 0 fully saturated rings. The summed E-state index contributed by atoms with van der Waals surface area (Å²) in [6.45, 7) is 3.84. The van der Waals surface area contributed by atoms with Crippen LogP contribution >= 0.6 is 15.9 Å². The summed E-state index contributed by atoms with van der Waals surface area (Å²) in [5.74, 6) is 0.0700. The van der Waals surface area contributed by atoms with Crippen molar-refractivity contribution >= 4 is 28.1 Å². The summed E-state index contributed by atoms with van der Waals surface area (Å²) in [6, 6.07) is 16.9. The number of benzene rings is 2. The third-order valence-electron chi connectivity index (χ3n) is 2.95. The van der Waals surface area contributed by atoms with Gasteiger partial charge in [-0.25, -0.2) is 0 Å². The Kier molecular flexibility index (Phi) is 5.93. The van der Waals surface area contributed by atoms with E-state index >= 15 is 0 Å². The van der Waals surface area contributed by atoms with Gasteiger partial charge in [0.2, 0.25) is 0 Å². The van der Waals surface area contributed by atoms with Crippen LogP contribution in [0.25, 0.3) is 0 Å². The third kappa shape index (κ3) is 5.53. The van der Waals surface area contributed by atoms with Crippen LogP contribution in [0.4, 0.5) is 0 Å². The quantitative estimate of drug-likeness (QED) is 0.248. The average Bonchev–Trinajstić information content (AvgIpc) is 2.53. The predicted molar refractivity (Wildman–Crippen MR) is 93.9 cm³/mol. The molecule has 4 nitrogen and oxygen atoms in total. The van der Waals surface area contributed by atoms with Gasteiger partial charge in [-0.1, -0.05) is 63.6 Å². The summed E-state index contributed by atoms with van der Waals surface area (Å²) < 4.78 is 4.64. The normalized spacial score (nSPS) is 11.4. The van der Waals surface area contributed by atoms with Gasteiger partial charge < -0.3 is 9.57 Å². The molecule has 0 heterocycles. The second-order valence-corrected chi connectivity index (χ2v) is 7.38. The van der Waals surface area contributed by atoms with Gasteiger partial charge in [-0.15, -0.1) is 0 Å². The lowest BCUT2D eigenvalue weighted by Gasteiger charge is -2.15. The maximum absolute atomic E-state index is 12.0. The molecule has 2 aromatic rings. The number of carbonyl (C=O) groups excluding carboxylic acids is 1. The van der Waals surface area contributed by atoms with Gasteiger partial charge in [0.05, 0.1) is 6.21 Å². The van der Waals surface area contributed by atoms with Gasteiger partial charge in [0.25, 0.3) is 0 Å². The highest BCUT2D eigenvalue weighted by atomic mass is 79.9. The van der Waals surface area contributed by atoms with Gasteiger partial charge in [0.1, 0.15) is 16.7 Å². The fraction of sp³-hybridized carbons (Fsp3) is 0.222. The van der Waals surface area contributed by atoms with Crippen molar-refractivity contribution in [1.29, 1.82) is 0 Å². The molecule has 2 aromatic carbocycles. The lowest BCUT2D eigenvalue weighted by molar-refractivity contribution is -0.136. The van der Waals surface area contributed by atoms with E-state index in [4.69, 9.17) is 9.57 Å². The Morgan fingerprint density at radius 2 is 1.78 bits per heavy atom. The zero-order valence-corrected chi connectivity index (χ0v) is 14.6. The lowest BCUT2D eigenvalue weighted by Crippen LogP contribution is -2.29. The highest BCUT2D eigenvalue weighted by Gasteiger charge is 2.26. The molecule has 0 bridgehead atoms. The number of hydrogen-bond acceptors (Lipinski definition) is 4. The smallest absolute Gasteiger partial charge is 0.327 e. The molecular weight excluding hydrogens is 358 g/mol. The van der Waals surface area contributed by atoms with Gasteiger partial charge in [0.15, 0.2) is 0 Å². The molecule has 0 aromatic heterocycles. The highest BCUT2D eigenvalue weighted by molar-refractivity contribution is 9.10. The summed E-state index contributed by atoms with van der Waals surface area (Å²) in [5, 5.41) is 3.94. The molecule has 0 saturated heterocycles. The predicted octanol–water partition coefficient (Wildman–Crippen LogP) is 4.32. The van der Waals surface area contributed by atoms with E-state index in [9.17, 15) is 4.79 Å². The van der Waals surface area contributed by atoms with Gasteiger partial charge in [-0.2, -0.15) is 0 Å². The molecule has 0 aliphatic heterocycles. The average molecular weight is 376 g/mol. The van der Waals surface area contributed by atoms with E-state index in [0.717, 1.165) is 5.56 Å². The molecular formula is C18H18BrNO3. The molecule has 0 saturated carbocycles. The zero-order chi connectivity index (χ0) is 16.7. The number of esters is 1. The summed E-state index contributed by atoms with van der Waals surface area (Å²) in [4.78, 5) is 17.2. The molecule has 23 heavy (non-hydrogen) atoms. The Labute approximate surface area is 144 Å². The summed E-state index contributed by atoms with van der Waals surface area (Å²) >= 11 is 3.28. The Hall–Kier alpha value is -2.14. The second-order valence-electron chi connectivity index (χ2n) is 5.39. The first kappa shape index (κ1) is 17.2. The topological polar surface area (TPSA) is 47.9 Å². The van der Waals surface area contributed by atoms with E-state index in [1.54, 1.807) is 32.0 Å². The van der Waals surface area contributed by atoms with E-state index in [2.05, 4.69) is 21.1 Å². The molecule has 0 N–H and O–H groups in total. The largest absolute Gasteiger partial charge is 0.425 e. The molecule has 0 amide bonds. The Morgan fingerprint density at radius 3 is 2.48 bits per heavy atom. The lowest BCUT2D eigenvalue weighted by atomic mass is 10.2. The monoisotopic (exact) mass is 375 g/mol. The number of oxime groups is 1. The molecule has 0 aliphatic carbocycles. The van der Waals surface area contributed by atoms with Crippen LogP contribution in [0.15, 0.2) is 59.8 Å². The molecule has 5 heteroatoms. The first-order valence-electron chi connectivity index (χ1n) is 7.16. The van der Waals surface area contributed by atoms with E-state index in [1.807, 2.05) is 36.4 Å². The fourth-order valence-corrected chi connectivity index (χ4v) is 1.76. The zero-order valence-electron chi connectivity index (χ0n) is 13.0. The van der Waals surface area contributed by atoms with Crippen molar-refractivity contribution in [2.24, 2.45) is 5.16 Å². The maximum atomic E-state index is 12.0. The standard InChI is InChI=1S/C18H18BrNO3/c1-18(2,19)17(21)23-16-11-7-6-10-15(16)12-20-22-13-14-8-4-3-5-9-14/h3-12H,13H2,1-2H3. The maximum Gasteiger partial charge on any atom is 0.327 e. The molecule has 0 spiro atoms. The van der Waals surface area contributed by atoms with Crippen LogP contribution < -0.4 is 4.74 Å². The van der Waals surface area contributed by atoms with Crippen LogP contribution in [-0.2, 0) is 16.2 Å². The Morgan fingerprint density at radius 1 is 1.13 bits per heavy atom. The van der Waals surface area contributed by atoms with Gasteiger partial charge in [-0.05, 0) is 31.5 Å². The number of para-hydroxylation sites is 1. The summed E-state index contributed by atoms with van der Waals surface area (Å²) in [5.41, 5.74) is 1.70. The van der Waals surface area contributed by atoms with E-state index in [1.165, 1.54) is 6.21 Å². The summed E-state index contributed by atoms with van der Waals surface area (Å²) in [7, 11) is 0. The highest BCUT2D eigenvalue weighted by Crippen LogP contribution is 2.22. The molecule has 2 rings (SSSR count). The van der Waals surface area contributed by atoms with Crippen LogP contribution in [0, 0.1) is 0 Å². The number of nitrogens with zero attached hydrogens (tertiary/aromatic N) is 1. The SMILES string of the molecule is CC(C)(Br)C(=O)Oc1ccccc1C=NOCc1ccccc1. The molecule has 0 radical (unpaired) electrons. The Bertz CT molecular complexity index is 678. The Balaban J connectivity index is 2.00. The van der Waals surface area contributed by atoms with Crippen LogP contribution in [0.2, 0.25) is 0 Å². The first-order valence-corrected chi connectivity index (χ1v) is 7.95. The minimum absolute atomic E-state index is 0.372. The van der Waals surface area contributed by atoms with Crippen molar-refractivity contribution in [3.05, 3.63) is 65.7 Å². The number of halogens is 1. The van der Waals surface area contributed by atoms with E-state index in [-0.39, 0.29) is 5.97 Å². The number of hydrogen-bond donors (Lipinski definition) is 0. The third-order valence-corrected chi connectivity index (χ3v) is 3.27. The molecule has 0 aliphatic rings. The number of carbonyl (C=O) groups is 1. The van der Waals surface area contributed by atoms with Crippen LogP contribution in [-0.4, -0.2) is 16.5 Å². The van der Waals surface area contributed by atoms with Gasteiger partial charge >= 0.3 is 5.97 Å². The van der Waals surface area contributed by atoms with Crippen molar-refractivity contribution in [3.8, 4) is 5.75 Å². The first-order chi connectivity index (χ1) is 11.0. The minimum Gasteiger partial charge on any atom is -0.425 e. The van der Waals surface area contributed by atoms with Crippen molar-refractivity contribution in [1.82, 2.24) is 0 Å². The second kappa shape index (κ2) is 7.92. The van der Waals surface area contributed by atoms with Crippen molar-refractivity contribution < 1.29 is 14.4 Å². The number of alkyl halides is 1.